The minimum atomic E-state index is 0. The molecule has 0 aliphatic carbocycles. The van der Waals surface area contributed by atoms with Crippen molar-refractivity contribution in [1.82, 2.24) is 10.6 Å². The molecule has 21 heteroatoms. The fourth-order valence-corrected chi connectivity index (χ4v) is 5.29. The molecule has 0 aromatic carbocycles. The van der Waals surface area contributed by atoms with E-state index in [-0.39, 0.29) is 14.9 Å². The van der Waals surface area contributed by atoms with E-state index in [9.17, 15) is 0 Å². The highest BCUT2D eigenvalue weighted by atomic mass is 16.5. The Kier molecular flexibility index (Phi) is 121. The van der Waals surface area contributed by atoms with Crippen LogP contribution in [-0.2, 0) is 23.7 Å². The van der Waals surface area contributed by atoms with Gasteiger partial charge in [-0.3, -0.25) is 0 Å². The zero-order valence-corrected chi connectivity index (χ0v) is 46.8. The Bertz CT molecular complexity index is 680. The minimum Gasteiger partial charge on any atom is -0.378 e. The van der Waals surface area contributed by atoms with Crippen molar-refractivity contribution < 1.29 is 29.5 Å². The molecular formula is C50H136N16O5. The van der Waals surface area contributed by atoms with E-state index in [0.717, 1.165) is 123 Å². The largest absolute Gasteiger partial charge is 0.378 e. The third-order valence-electron chi connectivity index (χ3n) is 9.33. The number of hydrogen-bond acceptors (Lipinski definition) is 21. The molecule has 0 amide bonds. The summed E-state index contributed by atoms with van der Waals surface area (Å²) in [6.45, 7) is 19.0. The van der Waals surface area contributed by atoms with Crippen LogP contribution in [0.3, 0.4) is 0 Å². The minimum absolute atomic E-state index is 0. The van der Waals surface area contributed by atoms with E-state index in [1.165, 1.54) is 123 Å². The van der Waals surface area contributed by atoms with Gasteiger partial charge in [0, 0.05) is 18.9 Å². The van der Waals surface area contributed by atoms with E-state index in [2.05, 4.69) is 10.6 Å². The summed E-state index contributed by atoms with van der Waals surface area (Å²) in [7, 11) is 1.25. The lowest BCUT2D eigenvalue weighted by atomic mass is 10.1. The summed E-state index contributed by atoms with van der Waals surface area (Å²) >= 11 is 0. The van der Waals surface area contributed by atoms with Crippen LogP contribution in [0.15, 0.2) is 0 Å². The van der Waals surface area contributed by atoms with Crippen molar-refractivity contribution in [3.63, 3.8) is 0 Å². The number of ether oxygens (including phenoxy) is 5. The monoisotopic (exact) mass is 1050 g/mol. The zero-order valence-electron chi connectivity index (χ0n) is 49.8. The lowest BCUT2D eigenvalue weighted by Gasteiger charge is -2.08. The predicted molar refractivity (Wildman–Crippen MR) is 314 cm³/mol. The first kappa shape index (κ1) is 81.5. The predicted octanol–water partition coefficient (Wildman–Crippen LogP) is 1.60. The van der Waals surface area contributed by atoms with Crippen molar-refractivity contribution in [2.24, 2.45) is 80.3 Å². The molecule has 1 fully saturated rings. The molecule has 0 aromatic heterocycles. The van der Waals surface area contributed by atoms with Crippen LogP contribution in [-0.4, -0.2) is 171 Å². The van der Waals surface area contributed by atoms with Gasteiger partial charge in [-0.25, -0.2) is 0 Å². The maximum absolute atomic E-state index is 5.75. The van der Waals surface area contributed by atoms with E-state index in [4.69, 9.17) is 108 Å². The van der Waals surface area contributed by atoms with E-state index in [0.29, 0.717) is 65.9 Å². The molecule has 0 bridgehead atoms. The van der Waals surface area contributed by atoms with Gasteiger partial charge in [-0.05, 0) is 175 Å². The van der Waals surface area contributed by atoms with Crippen LogP contribution < -0.4 is 90.9 Å². The summed E-state index contributed by atoms with van der Waals surface area (Å²) in [4.78, 5) is 0. The van der Waals surface area contributed by atoms with Crippen molar-refractivity contribution in [3.8, 4) is 0 Å². The first-order chi connectivity index (χ1) is 36.4. The standard InChI is InChI=1S/C11H27N3.C8H20N2O3.C8H20N2.C5H14N2.C5H11N.C4H12N2O2.2C4H12N2.CH4.2H2/c12-8-5-3-1-2-4-6-10-14-11-7-9-13;9-1-3-11-5-7-13-8-6-12-4-2-10;9-7-5-3-1-2-4-6-8-10;6-4-2-1-3-5-7;1-2-4-6-5-3-1;5-3-7-1-2-8-4-6;2*5-3-1-2-4-6;;;/h14H,1-13H2;1-10H2;1-10H2;1-7H2;6H,1-5H2;1-6H2;2*1-6H2;1H4;2*1H/i;;;;;;;;1D;1+2T;1+1. The molecule has 71 heavy (non-hydrogen) atoms. The first-order valence-electron chi connectivity index (χ1n) is 29.5. The van der Waals surface area contributed by atoms with Gasteiger partial charge in [0.25, 0.3) is 0 Å². The summed E-state index contributed by atoms with van der Waals surface area (Å²) in [5, 5.41) is 6.67. The summed E-state index contributed by atoms with van der Waals surface area (Å²) in [5.41, 5.74) is 73.1. The van der Waals surface area contributed by atoms with Gasteiger partial charge in [0.1, 0.15) is 0 Å². The molecule has 0 atom stereocenters. The van der Waals surface area contributed by atoms with Crippen molar-refractivity contribution in [3.05, 3.63) is 0 Å². The van der Waals surface area contributed by atoms with Crippen molar-refractivity contribution in [2.75, 3.05) is 171 Å². The highest BCUT2D eigenvalue weighted by Gasteiger charge is 1.94. The van der Waals surface area contributed by atoms with Gasteiger partial charge >= 0.3 is 0 Å². The van der Waals surface area contributed by atoms with Crippen LogP contribution in [0.5, 0.6) is 0 Å². The van der Waals surface area contributed by atoms with Crippen molar-refractivity contribution in [1.29, 1.82) is 0 Å². The molecule has 1 saturated heterocycles. The normalized spacial score (nSPS) is 11.3. The average molecular weight is 1050 g/mol. The first-order valence-corrected chi connectivity index (χ1v) is 27.5. The molecule has 0 aromatic rings. The van der Waals surface area contributed by atoms with E-state index >= 15 is 0 Å². The third-order valence-corrected chi connectivity index (χ3v) is 9.33. The zero-order chi connectivity index (χ0) is 57.6. The second-order valence-corrected chi connectivity index (χ2v) is 16.1. The topological polar surface area (TPSA) is 434 Å². The van der Waals surface area contributed by atoms with Crippen LogP contribution in [0.2, 0.25) is 0 Å². The van der Waals surface area contributed by atoms with Gasteiger partial charge < -0.3 is 115 Å². The second kappa shape index (κ2) is 106. The summed E-state index contributed by atoms with van der Waals surface area (Å²) in [5.74, 6) is 0. The second-order valence-electron chi connectivity index (χ2n) is 16.1. The molecule has 0 saturated carbocycles. The van der Waals surface area contributed by atoms with E-state index in [1.54, 1.807) is 0 Å². The quantitative estimate of drug-likeness (QED) is 0.0305. The highest BCUT2D eigenvalue weighted by molar-refractivity contribution is 4.55. The summed E-state index contributed by atoms with van der Waals surface area (Å²) in [6, 6.07) is 0. The van der Waals surface area contributed by atoms with Crippen molar-refractivity contribution in [2.45, 2.75) is 155 Å². The van der Waals surface area contributed by atoms with Gasteiger partial charge in [-0.1, -0.05) is 71.6 Å². The van der Waals surface area contributed by atoms with Gasteiger partial charge in [0.05, 0.1) is 66.3 Å². The van der Waals surface area contributed by atoms with Gasteiger partial charge in [-0.15, -0.1) is 0 Å². The molecule has 1 aliphatic heterocycles. The molecule has 0 unspecified atom stereocenters. The maximum atomic E-state index is 5.75. The Labute approximate surface area is 445 Å². The highest BCUT2D eigenvalue weighted by Crippen LogP contribution is 2.04. The molecule has 0 radical (unpaired) electrons. The summed E-state index contributed by atoms with van der Waals surface area (Å²) < 4.78 is 40.6. The molecule has 446 valence electrons. The lowest BCUT2D eigenvalue weighted by molar-refractivity contribution is 0.0175. The number of nitrogens with two attached hydrogens (primary N) is 14. The van der Waals surface area contributed by atoms with Gasteiger partial charge in [0.15, 0.2) is 0 Å². The van der Waals surface area contributed by atoms with Crippen LogP contribution in [0.4, 0.5) is 0 Å². The Morgan fingerprint density at radius 3 is 0.817 bits per heavy atom. The van der Waals surface area contributed by atoms with Crippen LogP contribution in [0.25, 0.3) is 0 Å². The third kappa shape index (κ3) is 134. The molecule has 1 heterocycles. The molecular weight excluding hydrogens is 905 g/mol. The molecule has 21 nitrogen and oxygen atoms in total. The fourth-order valence-electron chi connectivity index (χ4n) is 5.29. The Hall–Kier alpha value is -0.840. The van der Waals surface area contributed by atoms with E-state index in [1.807, 2.05) is 0 Å². The Morgan fingerprint density at radius 1 is 0.324 bits per heavy atom. The number of piperidine rings is 1. The maximum Gasteiger partial charge on any atom is 0.0941 e. The number of unbranched alkanes of at least 4 members (excludes halogenated alkanes) is 14. The number of rotatable bonds is 43. The molecule has 1 rings (SSSR count). The van der Waals surface area contributed by atoms with E-state index < -0.39 is 0 Å². The molecule has 30 N–H and O–H groups in total. The van der Waals surface area contributed by atoms with Crippen LogP contribution in [0, 0.1) is 0 Å². The van der Waals surface area contributed by atoms with Crippen LogP contribution >= 0.6 is 0 Å². The van der Waals surface area contributed by atoms with Gasteiger partial charge in [0.2, 0.25) is 0 Å². The summed E-state index contributed by atoms with van der Waals surface area (Å²) in [6.07, 6.45) is 28.5. The average Bonchev–Trinajstić information content (AvgIpc) is 3.45. The number of nitrogens with one attached hydrogen (secondary N) is 2. The Balaban J connectivity index is -0.0000000810. The number of hydrogen-bond donors (Lipinski definition) is 16. The smallest absolute Gasteiger partial charge is 0.0941 e. The molecule has 0 spiro atoms. The SMILES string of the molecule is C1CCNCC1.NCCCCCCCCN.NCCCCCCCCNCCCN.NCCCCCN.NCCCCN.NCCCCN.NCCOCCOCCOCCN.NCOCCOCN.[2HH].[2H]C.[3H][3H]. The van der Waals surface area contributed by atoms with Crippen molar-refractivity contribution >= 4 is 0 Å². The fraction of sp³-hybridized carbons (Fsp3) is 1.00. The lowest BCUT2D eigenvalue weighted by Crippen LogP contribution is -2.21. The van der Waals surface area contributed by atoms with Crippen LogP contribution in [0.1, 0.15) is 161 Å². The Morgan fingerprint density at radius 2 is 0.563 bits per heavy atom. The molecule has 1 aliphatic rings. The van der Waals surface area contributed by atoms with Gasteiger partial charge in [-0.2, -0.15) is 0 Å².